The lowest BCUT2D eigenvalue weighted by atomic mass is 10.1. The molecule has 1 unspecified atom stereocenters. The van der Waals surface area contributed by atoms with E-state index in [0.29, 0.717) is 5.56 Å². The standard InChI is InChI=1S/C13H13FN2O4/c1-16-11(17)5-10(12(16)18)15-6-7-2-3-8(13(19)20)9(14)4-7/h2-4,10,15H,5-6H2,1H3,(H,19,20). The molecule has 1 aliphatic rings. The molecule has 1 fully saturated rings. The lowest BCUT2D eigenvalue weighted by Crippen LogP contribution is -2.36. The maximum atomic E-state index is 13.5. The molecule has 1 aromatic carbocycles. The summed E-state index contributed by atoms with van der Waals surface area (Å²) in [7, 11) is 1.41. The number of hydrogen-bond acceptors (Lipinski definition) is 4. The molecule has 0 radical (unpaired) electrons. The average Bonchev–Trinajstić information content (AvgIpc) is 2.63. The van der Waals surface area contributed by atoms with Gasteiger partial charge in [-0.05, 0) is 17.7 Å². The van der Waals surface area contributed by atoms with E-state index in [9.17, 15) is 18.8 Å². The Morgan fingerprint density at radius 3 is 2.70 bits per heavy atom. The molecule has 1 saturated heterocycles. The predicted molar refractivity (Wildman–Crippen MR) is 66.4 cm³/mol. The summed E-state index contributed by atoms with van der Waals surface area (Å²) in [6.45, 7) is 0.175. The van der Waals surface area contributed by atoms with Crippen LogP contribution in [0.5, 0.6) is 0 Å². The minimum atomic E-state index is -1.33. The number of rotatable bonds is 4. The van der Waals surface area contributed by atoms with E-state index in [4.69, 9.17) is 5.11 Å². The van der Waals surface area contributed by atoms with Crippen LogP contribution in [0.4, 0.5) is 4.39 Å². The highest BCUT2D eigenvalue weighted by atomic mass is 19.1. The molecule has 1 atom stereocenters. The summed E-state index contributed by atoms with van der Waals surface area (Å²) in [6, 6.07) is 3.11. The van der Waals surface area contributed by atoms with Crippen LogP contribution in [0.15, 0.2) is 18.2 Å². The minimum Gasteiger partial charge on any atom is -0.478 e. The van der Waals surface area contributed by atoms with Crippen molar-refractivity contribution in [3.63, 3.8) is 0 Å². The van der Waals surface area contributed by atoms with E-state index in [1.807, 2.05) is 0 Å². The number of nitrogens with zero attached hydrogens (tertiary/aromatic N) is 1. The number of aromatic carboxylic acids is 1. The second-order valence-corrected chi connectivity index (χ2v) is 4.55. The maximum Gasteiger partial charge on any atom is 0.338 e. The van der Waals surface area contributed by atoms with Gasteiger partial charge in [0, 0.05) is 13.6 Å². The zero-order valence-corrected chi connectivity index (χ0v) is 10.7. The number of carboxylic acids is 1. The van der Waals surface area contributed by atoms with Crippen LogP contribution >= 0.6 is 0 Å². The Bertz CT molecular complexity index is 588. The van der Waals surface area contributed by atoms with Crippen LogP contribution in [-0.2, 0) is 16.1 Å². The minimum absolute atomic E-state index is 0.0744. The number of halogens is 1. The van der Waals surface area contributed by atoms with Gasteiger partial charge in [-0.3, -0.25) is 14.5 Å². The molecular weight excluding hydrogens is 267 g/mol. The summed E-state index contributed by atoms with van der Waals surface area (Å²) < 4.78 is 13.5. The normalized spacial score (nSPS) is 18.7. The molecule has 0 saturated carbocycles. The number of hydrogen-bond donors (Lipinski definition) is 2. The molecule has 106 valence electrons. The van der Waals surface area contributed by atoms with Crippen LogP contribution in [0.2, 0.25) is 0 Å². The van der Waals surface area contributed by atoms with Crippen molar-refractivity contribution in [3.05, 3.63) is 35.1 Å². The van der Waals surface area contributed by atoms with Crippen LogP contribution < -0.4 is 5.32 Å². The summed E-state index contributed by atoms with van der Waals surface area (Å²) in [4.78, 5) is 34.7. The van der Waals surface area contributed by atoms with Crippen LogP contribution in [0.3, 0.4) is 0 Å². The Morgan fingerprint density at radius 1 is 1.50 bits per heavy atom. The van der Waals surface area contributed by atoms with Crippen molar-refractivity contribution in [1.82, 2.24) is 10.2 Å². The van der Waals surface area contributed by atoms with Crippen molar-refractivity contribution >= 4 is 17.8 Å². The van der Waals surface area contributed by atoms with E-state index >= 15 is 0 Å². The first-order valence-corrected chi connectivity index (χ1v) is 5.95. The zero-order chi connectivity index (χ0) is 14.9. The molecule has 1 heterocycles. The summed E-state index contributed by atoms with van der Waals surface area (Å²) in [5.41, 5.74) is 0.0999. The van der Waals surface area contributed by atoms with Crippen molar-refractivity contribution in [2.45, 2.75) is 19.0 Å². The number of carboxylic acid groups (broad SMARTS) is 1. The second-order valence-electron chi connectivity index (χ2n) is 4.55. The molecular formula is C13H13FN2O4. The molecule has 1 aromatic rings. The highest BCUT2D eigenvalue weighted by Crippen LogP contribution is 2.13. The fourth-order valence-electron chi connectivity index (χ4n) is 2.00. The van der Waals surface area contributed by atoms with E-state index in [-0.39, 0.29) is 24.8 Å². The first-order chi connectivity index (χ1) is 9.40. The third-order valence-corrected chi connectivity index (χ3v) is 3.20. The number of amides is 2. The highest BCUT2D eigenvalue weighted by molar-refractivity contribution is 6.05. The lowest BCUT2D eigenvalue weighted by molar-refractivity contribution is -0.137. The van der Waals surface area contributed by atoms with E-state index in [0.717, 1.165) is 11.0 Å². The monoisotopic (exact) mass is 280 g/mol. The average molecular weight is 280 g/mol. The molecule has 0 aromatic heterocycles. The SMILES string of the molecule is CN1C(=O)CC(NCc2ccc(C(=O)O)c(F)c2)C1=O. The molecule has 20 heavy (non-hydrogen) atoms. The fourth-order valence-corrected chi connectivity index (χ4v) is 2.00. The molecule has 2 amide bonds. The van der Waals surface area contributed by atoms with Gasteiger partial charge in [0.15, 0.2) is 0 Å². The van der Waals surface area contributed by atoms with Crippen molar-refractivity contribution in [2.75, 3.05) is 7.05 Å². The van der Waals surface area contributed by atoms with E-state index in [2.05, 4.69) is 5.32 Å². The summed E-state index contributed by atoms with van der Waals surface area (Å²) in [5.74, 6) is -2.75. The van der Waals surface area contributed by atoms with Gasteiger partial charge in [0.05, 0.1) is 18.0 Å². The molecule has 2 N–H and O–H groups in total. The topological polar surface area (TPSA) is 86.7 Å². The number of imide groups is 1. The Hall–Kier alpha value is -2.28. The van der Waals surface area contributed by atoms with Gasteiger partial charge in [0.2, 0.25) is 11.8 Å². The van der Waals surface area contributed by atoms with Gasteiger partial charge in [0.1, 0.15) is 5.82 Å². The third-order valence-electron chi connectivity index (χ3n) is 3.20. The fraction of sp³-hybridized carbons (Fsp3) is 0.308. The molecule has 0 aliphatic carbocycles. The summed E-state index contributed by atoms with van der Waals surface area (Å²) in [6.07, 6.45) is 0.0744. The van der Waals surface area contributed by atoms with Crippen molar-refractivity contribution in [2.24, 2.45) is 0 Å². The van der Waals surface area contributed by atoms with Crippen molar-refractivity contribution in [1.29, 1.82) is 0 Å². The number of carbonyl (C=O) groups excluding carboxylic acids is 2. The molecule has 0 bridgehead atoms. The van der Waals surface area contributed by atoms with Crippen LogP contribution in [0, 0.1) is 5.82 Å². The van der Waals surface area contributed by atoms with Gasteiger partial charge < -0.3 is 10.4 Å². The van der Waals surface area contributed by atoms with Gasteiger partial charge in [0.25, 0.3) is 0 Å². The zero-order valence-electron chi connectivity index (χ0n) is 10.7. The van der Waals surface area contributed by atoms with E-state index in [1.165, 1.54) is 19.2 Å². The molecule has 1 aliphatic heterocycles. The Balaban J connectivity index is 2.02. The van der Waals surface area contributed by atoms with Gasteiger partial charge in [-0.25, -0.2) is 9.18 Å². The number of carbonyl (C=O) groups is 3. The first kappa shape index (κ1) is 14.1. The van der Waals surface area contributed by atoms with E-state index in [1.54, 1.807) is 0 Å². The molecule has 2 rings (SSSR count). The van der Waals surface area contributed by atoms with Gasteiger partial charge in [-0.1, -0.05) is 6.07 Å². The van der Waals surface area contributed by atoms with Crippen molar-refractivity contribution < 1.29 is 23.9 Å². The Morgan fingerprint density at radius 2 is 2.20 bits per heavy atom. The highest BCUT2D eigenvalue weighted by Gasteiger charge is 2.35. The Kier molecular flexibility index (Phi) is 3.80. The largest absolute Gasteiger partial charge is 0.478 e. The van der Waals surface area contributed by atoms with Crippen LogP contribution in [0.25, 0.3) is 0 Å². The van der Waals surface area contributed by atoms with Gasteiger partial charge in [-0.15, -0.1) is 0 Å². The van der Waals surface area contributed by atoms with Crippen LogP contribution in [-0.4, -0.2) is 40.9 Å². The molecule has 7 heteroatoms. The third kappa shape index (κ3) is 2.67. The number of likely N-dealkylation sites (tertiary alicyclic amines) is 1. The van der Waals surface area contributed by atoms with Crippen LogP contribution in [0.1, 0.15) is 22.3 Å². The molecule has 0 spiro atoms. The summed E-state index contributed by atoms with van der Waals surface area (Å²) in [5, 5.41) is 11.6. The predicted octanol–water partition coefficient (Wildman–Crippen LogP) is 0.371. The molecule has 6 nitrogen and oxygen atoms in total. The van der Waals surface area contributed by atoms with E-state index < -0.39 is 23.4 Å². The Labute approximate surface area is 114 Å². The summed E-state index contributed by atoms with van der Waals surface area (Å²) >= 11 is 0. The second kappa shape index (κ2) is 5.38. The van der Waals surface area contributed by atoms with Crippen molar-refractivity contribution in [3.8, 4) is 0 Å². The lowest BCUT2D eigenvalue weighted by Gasteiger charge is -2.11. The number of benzene rings is 1. The van der Waals surface area contributed by atoms with Gasteiger partial charge in [-0.2, -0.15) is 0 Å². The number of likely N-dealkylation sites (N-methyl/N-ethyl adjacent to an activating group) is 1. The smallest absolute Gasteiger partial charge is 0.338 e. The first-order valence-electron chi connectivity index (χ1n) is 5.95. The number of nitrogens with one attached hydrogen (secondary N) is 1. The van der Waals surface area contributed by atoms with Gasteiger partial charge >= 0.3 is 5.97 Å². The maximum absolute atomic E-state index is 13.5. The quantitative estimate of drug-likeness (QED) is 0.778.